The first-order chi connectivity index (χ1) is 7.51. The lowest BCUT2D eigenvalue weighted by atomic mass is 10.2. The van der Waals surface area contributed by atoms with Crippen molar-refractivity contribution in [3.8, 4) is 0 Å². The topological polar surface area (TPSA) is 81.7 Å². The fraction of sp³-hybridized carbons (Fsp3) is 0.700. The fourth-order valence-electron chi connectivity index (χ4n) is 1.07. The normalized spacial score (nSPS) is 11.4. The van der Waals surface area contributed by atoms with Crippen molar-refractivity contribution in [3.63, 3.8) is 0 Å². The highest BCUT2D eigenvalue weighted by Gasteiger charge is 2.24. The molecule has 6 heteroatoms. The van der Waals surface area contributed by atoms with Gasteiger partial charge >= 0.3 is 11.9 Å². The summed E-state index contributed by atoms with van der Waals surface area (Å²) in [6, 6.07) is -0.975. The van der Waals surface area contributed by atoms with Crippen molar-refractivity contribution < 1.29 is 23.9 Å². The van der Waals surface area contributed by atoms with Gasteiger partial charge in [-0.05, 0) is 13.8 Å². The highest BCUT2D eigenvalue weighted by atomic mass is 16.5. The van der Waals surface area contributed by atoms with Gasteiger partial charge in [0.05, 0.1) is 19.6 Å². The monoisotopic (exact) mass is 231 g/mol. The van der Waals surface area contributed by atoms with Crippen molar-refractivity contribution in [2.75, 3.05) is 13.2 Å². The maximum absolute atomic E-state index is 11.4. The zero-order chi connectivity index (χ0) is 12.6. The molecular formula is C10H17NO5. The molecule has 0 aliphatic carbocycles. The van der Waals surface area contributed by atoms with Crippen molar-refractivity contribution in [1.29, 1.82) is 0 Å². The molecule has 0 radical (unpaired) electrons. The number of nitrogens with one attached hydrogen (secondary N) is 1. The first kappa shape index (κ1) is 14.4. The number of carbonyl (C=O) groups is 3. The molecule has 1 N–H and O–H groups in total. The third-order valence-electron chi connectivity index (χ3n) is 1.62. The quantitative estimate of drug-likeness (QED) is 0.651. The molecule has 92 valence electrons. The zero-order valence-electron chi connectivity index (χ0n) is 9.74. The average molecular weight is 231 g/mol. The fourth-order valence-corrected chi connectivity index (χ4v) is 1.07. The predicted molar refractivity (Wildman–Crippen MR) is 55.5 cm³/mol. The highest BCUT2D eigenvalue weighted by Crippen LogP contribution is 1.99. The summed E-state index contributed by atoms with van der Waals surface area (Å²) in [7, 11) is 0. The molecule has 0 aliphatic heterocycles. The Morgan fingerprint density at radius 3 is 2.12 bits per heavy atom. The van der Waals surface area contributed by atoms with Gasteiger partial charge in [-0.15, -0.1) is 0 Å². The maximum Gasteiger partial charge on any atom is 0.329 e. The van der Waals surface area contributed by atoms with Crippen LogP contribution in [0.2, 0.25) is 0 Å². The number of ether oxygens (including phenoxy) is 2. The molecule has 0 saturated heterocycles. The Morgan fingerprint density at radius 2 is 1.69 bits per heavy atom. The zero-order valence-corrected chi connectivity index (χ0v) is 9.74. The van der Waals surface area contributed by atoms with Crippen LogP contribution in [0.3, 0.4) is 0 Å². The van der Waals surface area contributed by atoms with E-state index in [-0.39, 0.29) is 19.6 Å². The van der Waals surface area contributed by atoms with E-state index in [1.165, 1.54) is 6.92 Å². The lowest BCUT2D eigenvalue weighted by Gasteiger charge is -2.15. The minimum Gasteiger partial charge on any atom is -0.466 e. The Labute approximate surface area is 94.3 Å². The molecular weight excluding hydrogens is 214 g/mol. The number of carbonyl (C=O) groups excluding carboxylic acids is 3. The van der Waals surface area contributed by atoms with Gasteiger partial charge in [-0.3, -0.25) is 9.59 Å². The lowest BCUT2D eigenvalue weighted by molar-refractivity contribution is -0.153. The van der Waals surface area contributed by atoms with Crippen LogP contribution < -0.4 is 5.32 Å². The molecule has 0 aliphatic rings. The summed E-state index contributed by atoms with van der Waals surface area (Å²) in [5.41, 5.74) is 0. The third-order valence-corrected chi connectivity index (χ3v) is 1.62. The maximum atomic E-state index is 11.4. The van der Waals surface area contributed by atoms with Crippen LogP contribution in [0.1, 0.15) is 27.2 Å². The summed E-state index contributed by atoms with van der Waals surface area (Å²) in [4.78, 5) is 33.4. The molecule has 0 aromatic carbocycles. The van der Waals surface area contributed by atoms with Crippen LogP contribution in [0, 0.1) is 0 Å². The van der Waals surface area contributed by atoms with Gasteiger partial charge in [0.1, 0.15) is 6.04 Å². The standard InChI is InChI=1S/C10H17NO5/c1-4-15-9(13)6-8(11-7(3)12)10(14)16-5-2/h8H,4-6H2,1-3H3,(H,11,12)/t8-/m0/s1. The van der Waals surface area contributed by atoms with Gasteiger partial charge in [0.2, 0.25) is 5.91 Å². The van der Waals surface area contributed by atoms with Crippen LogP contribution in [0.25, 0.3) is 0 Å². The second kappa shape index (κ2) is 7.67. The molecule has 16 heavy (non-hydrogen) atoms. The summed E-state index contributed by atoms with van der Waals surface area (Å²) in [5, 5.41) is 2.34. The van der Waals surface area contributed by atoms with Gasteiger partial charge in [-0.2, -0.15) is 0 Å². The first-order valence-corrected chi connectivity index (χ1v) is 5.10. The molecule has 0 rings (SSSR count). The summed E-state index contributed by atoms with van der Waals surface area (Å²) >= 11 is 0. The van der Waals surface area contributed by atoms with E-state index in [1.54, 1.807) is 13.8 Å². The molecule has 0 heterocycles. The van der Waals surface area contributed by atoms with E-state index < -0.39 is 23.9 Å². The number of hydrogen-bond donors (Lipinski definition) is 1. The van der Waals surface area contributed by atoms with Crippen molar-refractivity contribution in [2.24, 2.45) is 0 Å². The van der Waals surface area contributed by atoms with Crippen LogP contribution in [0.4, 0.5) is 0 Å². The van der Waals surface area contributed by atoms with Crippen molar-refractivity contribution >= 4 is 17.8 Å². The van der Waals surface area contributed by atoms with Gasteiger partial charge in [0.25, 0.3) is 0 Å². The molecule has 0 saturated carbocycles. The summed E-state index contributed by atoms with van der Waals surface area (Å²) in [5.74, 6) is -1.58. The van der Waals surface area contributed by atoms with E-state index in [1.807, 2.05) is 0 Å². The smallest absolute Gasteiger partial charge is 0.329 e. The van der Waals surface area contributed by atoms with Crippen LogP contribution in [-0.4, -0.2) is 37.1 Å². The molecule has 6 nitrogen and oxygen atoms in total. The number of rotatable bonds is 6. The predicted octanol–water partition coefficient (Wildman–Crippen LogP) is 0.00740. The molecule has 0 unspecified atom stereocenters. The number of esters is 2. The summed E-state index contributed by atoms with van der Waals surface area (Å²) in [6.07, 6.45) is -0.216. The van der Waals surface area contributed by atoms with Crippen LogP contribution in [0.15, 0.2) is 0 Å². The molecule has 0 fully saturated rings. The van der Waals surface area contributed by atoms with E-state index in [2.05, 4.69) is 10.1 Å². The molecule has 0 aromatic rings. The van der Waals surface area contributed by atoms with Crippen molar-refractivity contribution in [2.45, 2.75) is 33.2 Å². The van der Waals surface area contributed by atoms with E-state index >= 15 is 0 Å². The average Bonchev–Trinajstić information content (AvgIpc) is 2.16. The Bertz CT molecular complexity index is 264. The second-order valence-corrected chi connectivity index (χ2v) is 3.01. The molecule has 0 bridgehead atoms. The molecule has 0 spiro atoms. The highest BCUT2D eigenvalue weighted by molar-refractivity contribution is 5.87. The number of amides is 1. The van der Waals surface area contributed by atoms with Gasteiger partial charge in [-0.1, -0.05) is 0 Å². The van der Waals surface area contributed by atoms with Gasteiger partial charge < -0.3 is 14.8 Å². The molecule has 0 aromatic heterocycles. The summed E-state index contributed by atoms with van der Waals surface area (Å²) < 4.78 is 9.41. The Hall–Kier alpha value is -1.59. The van der Waals surface area contributed by atoms with Crippen molar-refractivity contribution in [1.82, 2.24) is 5.32 Å². The lowest BCUT2D eigenvalue weighted by Crippen LogP contribution is -2.42. The van der Waals surface area contributed by atoms with Gasteiger partial charge in [-0.25, -0.2) is 4.79 Å². The second-order valence-electron chi connectivity index (χ2n) is 3.01. The van der Waals surface area contributed by atoms with Gasteiger partial charge in [0.15, 0.2) is 0 Å². The Kier molecular flexibility index (Phi) is 6.91. The number of hydrogen-bond acceptors (Lipinski definition) is 5. The summed E-state index contributed by atoms with van der Waals surface area (Å²) in [6.45, 7) is 4.99. The Morgan fingerprint density at radius 1 is 1.12 bits per heavy atom. The first-order valence-electron chi connectivity index (χ1n) is 5.10. The third kappa shape index (κ3) is 6.00. The van der Waals surface area contributed by atoms with Crippen LogP contribution in [0.5, 0.6) is 0 Å². The van der Waals surface area contributed by atoms with Crippen LogP contribution >= 0.6 is 0 Å². The van der Waals surface area contributed by atoms with E-state index in [9.17, 15) is 14.4 Å². The van der Waals surface area contributed by atoms with E-state index in [0.717, 1.165) is 0 Å². The minimum atomic E-state index is -0.975. The molecule has 1 amide bonds. The van der Waals surface area contributed by atoms with E-state index in [0.29, 0.717) is 0 Å². The van der Waals surface area contributed by atoms with Gasteiger partial charge in [0, 0.05) is 6.92 Å². The Balaban J connectivity index is 4.36. The minimum absolute atomic E-state index is 0.192. The van der Waals surface area contributed by atoms with Crippen molar-refractivity contribution in [3.05, 3.63) is 0 Å². The largest absolute Gasteiger partial charge is 0.466 e. The van der Waals surface area contributed by atoms with E-state index in [4.69, 9.17) is 4.74 Å². The SMILES string of the molecule is CCOC(=O)C[C@H](NC(C)=O)C(=O)OCC. The molecule has 1 atom stereocenters. The van der Waals surface area contributed by atoms with Crippen LogP contribution in [-0.2, 0) is 23.9 Å².